The summed E-state index contributed by atoms with van der Waals surface area (Å²) in [6, 6.07) is 0. The second-order valence-electron chi connectivity index (χ2n) is 3.59. The lowest BCUT2D eigenvalue weighted by molar-refractivity contribution is 0.399. The van der Waals surface area contributed by atoms with Gasteiger partial charge < -0.3 is 15.5 Å². The molecule has 0 aliphatic carbocycles. The van der Waals surface area contributed by atoms with Gasteiger partial charge in [-0.15, -0.1) is 0 Å². The van der Waals surface area contributed by atoms with E-state index in [1.807, 2.05) is 0 Å². The molecular formula is C9H20N4. The molecule has 76 valence electrons. The molecule has 2 N–H and O–H groups in total. The molecule has 0 fully saturated rings. The maximum absolute atomic E-state index is 4.33. The molecule has 0 amide bonds. The van der Waals surface area contributed by atoms with Crippen LogP contribution >= 0.6 is 0 Å². The molecule has 13 heavy (non-hydrogen) atoms. The molecule has 1 rings (SSSR count). The van der Waals surface area contributed by atoms with Crippen molar-refractivity contribution in [2.75, 3.05) is 40.3 Å². The van der Waals surface area contributed by atoms with Crippen molar-refractivity contribution in [2.45, 2.75) is 12.8 Å². The fourth-order valence-electron chi connectivity index (χ4n) is 1.25. The fourth-order valence-corrected chi connectivity index (χ4v) is 1.25. The maximum atomic E-state index is 4.33. The Hall–Kier alpha value is -0.770. The quantitative estimate of drug-likeness (QED) is 0.598. The second-order valence-corrected chi connectivity index (χ2v) is 3.59. The summed E-state index contributed by atoms with van der Waals surface area (Å²) < 4.78 is 0. The van der Waals surface area contributed by atoms with Crippen LogP contribution in [0, 0.1) is 0 Å². The van der Waals surface area contributed by atoms with Crippen LogP contribution in [0.25, 0.3) is 0 Å². The first-order valence-corrected chi connectivity index (χ1v) is 4.96. The highest BCUT2D eigenvalue weighted by atomic mass is 15.2. The number of aliphatic imine (C=N–C) groups is 1. The van der Waals surface area contributed by atoms with Crippen LogP contribution in [0.5, 0.6) is 0 Å². The third-order valence-electron chi connectivity index (χ3n) is 1.97. The van der Waals surface area contributed by atoms with E-state index < -0.39 is 0 Å². The van der Waals surface area contributed by atoms with Gasteiger partial charge in [-0.25, -0.2) is 0 Å². The van der Waals surface area contributed by atoms with Crippen LogP contribution in [0.15, 0.2) is 4.99 Å². The molecule has 0 saturated heterocycles. The number of nitrogens with zero attached hydrogens (tertiary/aromatic N) is 2. The first-order valence-electron chi connectivity index (χ1n) is 4.96. The summed E-state index contributed by atoms with van der Waals surface area (Å²) in [5.74, 6) is 0.977. The van der Waals surface area contributed by atoms with Crippen molar-refractivity contribution in [1.82, 2.24) is 15.5 Å². The Bertz CT molecular complexity index is 165. The Morgan fingerprint density at radius 2 is 2.38 bits per heavy atom. The minimum atomic E-state index is 0.961. The van der Waals surface area contributed by atoms with Gasteiger partial charge in [0.05, 0.1) is 0 Å². The molecule has 0 saturated carbocycles. The first-order chi connectivity index (χ1) is 6.29. The Balaban J connectivity index is 2.01. The van der Waals surface area contributed by atoms with Crippen LogP contribution in [0.1, 0.15) is 12.8 Å². The zero-order valence-corrected chi connectivity index (χ0v) is 8.64. The minimum absolute atomic E-state index is 0.961. The van der Waals surface area contributed by atoms with E-state index >= 15 is 0 Å². The van der Waals surface area contributed by atoms with Crippen molar-refractivity contribution >= 4 is 5.96 Å². The predicted molar refractivity (Wildman–Crippen MR) is 56.1 cm³/mol. The van der Waals surface area contributed by atoms with Gasteiger partial charge in [-0.3, -0.25) is 4.99 Å². The van der Waals surface area contributed by atoms with Crippen molar-refractivity contribution in [1.29, 1.82) is 0 Å². The lowest BCUT2D eigenvalue weighted by Gasteiger charge is -2.16. The molecule has 0 spiro atoms. The van der Waals surface area contributed by atoms with Gasteiger partial charge in [0.1, 0.15) is 0 Å². The van der Waals surface area contributed by atoms with Crippen LogP contribution in [-0.4, -0.2) is 51.1 Å². The van der Waals surface area contributed by atoms with E-state index in [0.29, 0.717) is 0 Å². The molecule has 4 heteroatoms. The Morgan fingerprint density at radius 3 is 3.00 bits per heavy atom. The zero-order valence-electron chi connectivity index (χ0n) is 8.64. The van der Waals surface area contributed by atoms with Crippen molar-refractivity contribution in [3.05, 3.63) is 0 Å². The van der Waals surface area contributed by atoms with E-state index in [0.717, 1.165) is 45.0 Å². The summed E-state index contributed by atoms with van der Waals surface area (Å²) in [7, 11) is 4.19. The average Bonchev–Trinajstić information content (AvgIpc) is 2.14. The molecule has 0 aromatic rings. The average molecular weight is 184 g/mol. The Labute approximate surface area is 80.4 Å². The van der Waals surface area contributed by atoms with Crippen LogP contribution in [-0.2, 0) is 0 Å². The van der Waals surface area contributed by atoms with Gasteiger partial charge in [0.25, 0.3) is 0 Å². The van der Waals surface area contributed by atoms with Crippen molar-refractivity contribution in [3.63, 3.8) is 0 Å². The van der Waals surface area contributed by atoms with E-state index in [2.05, 4.69) is 34.6 Å². The molecule has 1 heterocycles. The molecule has 0 aromatic carbocycles. The monoisotopic (exact) mass is 184 g/mol. The highest BCUT2D eigenvalue weighted by Gasteiger charge is 2.01. The molecule has 1 aliphatic heterocycles. The second kappa shape index (κ2) is 5.80. The van der Waals surface area contributed by atoms with E-state index in [1.165, 1.54) is 0 Å². The fraction of sp³-hybridized carbons (Fsp3) is 0.889. The van der Waals surface area contributed by atoms with E-state index in [4.69, 9.17) is 0 Å². The maximum Gasteiger partial charge on any atom is 0.191 e. The minimum Gasteiger partial charge on any atom is -0.356 e. The number of rotatable bonds is 4. The van der Waals surface area contributed by atoms with Crippen LogP contribution in [0.3, 0.4) is 0 Å². The smallest absolute Gasteiger partial charge is 0.191 e. The SMILES string of the molecule is CN(C)CCCNC1=NCCCN1. The van der Waals surface area contributed by atoms with E-state index in [1.54, 1.807) is 0 Å². The Morgan fingerprint density at radius 1 is 1.54 bits per heavy atom. The number of guanidine groups is 1. The van der Waals surface area contributed by atoms with Gasteiger partial charge in [-0.05, 0) is 33.5 Å². The highest BCUT2D eigenvalue weighted by Crippen LogP contribution is 1.87. The lowest BCUT2D eigenvalue weighted by atomic mass is 10.4. The molecule has 0 atom stereocenters. The van der Waals surface area contributed by atoms with Crippen LogP contribution in [0.4, 0.5) is 0 Å². The van der Waals surface area contributed by atoms with E-state index in [-0.39, 0.29) is 0 Å². The molecule has 0 unspecified atom stereocenters. The summed E-state index contributed by atoms with van der Waals surface area (Å²) in [6.07, 6.45) is 2.32. The predicted octanol–water partition coefficient (Wildman–Crippen LogP) is -0.123. The van der Waals surface area contributed by atoms with Gasteiger partial charge in [-0.1, -0.05) is 0 Å². The molecule has 4 nitrogen and oxygen atoms in total. The van der Waals surface area contributed by atoms with E-state index in [9.17, 15) is 0 Å². The van der Waals surface area contributed by atoms with Gasteiger partial charge in [-0.2, -0.15) is 0 Å². The largest absolute Gasteiger partial charge is 0.356 e. The summed E-state index contributed by atoms with van der Waals surface area (Å²) in [5, 5.41) is 6.52. The van der Waals surface area contributed by atoms with Crippen molar-refractivity contribution in [2.24, 2.45) is 4.99 Å². The standard InChI is InChI=1S/C9H20N4/c1-13(2)8-4-7-12-9-10-5-3-6-11-9/h3-8H2,1-2H3,(H2,10,11,12). The molecule has 0 bridgehead atoms. The van der Waals surface area contributed by atoms with Gasteiger partial charge >= 0.3 is 0 Å². The summed E-state index contributed by atoms with van der Waals surface area (Å²) in [4.78, 5) is 6.52. The molecule has 0 aromatic heterocycles. The summed E-state index contributed by atoms with van der Waals surface area (Å²) in [5.41, 5.74) is 0. The van der Waals surface area contributed by atoms with Gasteiger partial charge in [0.2, 0.25) is 0 Å². The normalized spacial score (nSPS) is 16.7. The van der Waals surface area contributed by atoms with Gasteiger partial charge in [0.15, 0.2) is 5.96 Å². The third-order valence-corrected chi connectivity index (χ3v) is 1.97. The topological polar surface area (TPSA) is 39.7 Å². The number of hydrogen-bond acceptors (Lipinski definition) is 4. The summed E-state index contributed by atoms with van der Waals surface area (Å²) in [6.45, 7) is 4.15. The summed E-state index contributed by atoms with van der Waals surface area (Å²) >= 11 is 0. The number of nitrogens with one attached hydrogen (secondary N) is 2. The van der Waals surface area contributed by atoms with Crippen LogP contribution in [0.2, 0.25) is 0 Å². The first kappa shape index (κ1) is 10.3. The zero-order chi connectivity index (χ0) is 9.52. The lowest BCUT2D eigenvalue weighted by Crippen LogP contribution is -2.41. The number of hydrogen-bond donors (Lipinski definition) is 2. The highest BCUT2D eigenvalue weighted by molar-refractivity contribution is 5.80. The van der Waals surface area contributed by atoms with Gasteiger partial charge in [0, 0.05) is 19.6 Å². The van der Waals surface area contributed by atoms with Crippen molar-refractivity contribution < 1.29 is 0 Å². The molecular weight excluding hydrogens is 164 g/mol. The van der Waals surface area contributed by atoms with Crippen molar-refractivity contribution in [3.8, 4) is 0 Å². The molecule has 1 aliphatic rings. The molecule has 0 radical (unpaired) electrons. The van der Waals surface area contributed by atoms with Crippen LogP contribution < -0.4 is 10.6 Å². The Kier molecular flexibility index (Phi) is 4.60. The third kappa shape index (κ3) is 4.72.